The fraction of sp³-hybridized carbons (Fsp3) is 0.800. The Balaban J connectivity index is 3.91. The molecule has 4 N–H and O–H groups in total. The van der Waals surface area contributed by atoms with Gasteiger partial charge >= 0.3 is 6.03 Å². The zero-order valence-corrected chi connectivity index (χ0v) is 7.81. The summed E-state index contributed by atoms with van der Waals surface area (Å²) < 4.78 is 21.4. The number of urea groups is 1. The summed E-state index contributed by atoms with van der Waals surface area (Å²) in [4.78, 5) is 10.6. The van der Waals surface area contributed by atoms with Crippen molar-refractivity contribution >= 4 is 15.9 Å². The van der Waals surface area contributed by atoms with Gasteiger partial charge in [0, 0.05) is 12.3 Å². The Labute approximate surface area is 71.4 Å². The Kier molecular flexibility index (Phi) is 3.98. The Hall–Kier alpha value is -0.820. The van der Waals surface area contributed by atoms with E-state index in [1.54, 1.807) is 6.92 Å². The molecule has 0 aliphatic heterocycles. The van der Waals surface area contributed by atoms with Crippen molar-refractivity contribution in [3.8, 4) is 0 Å². The van der Waals surface area contributed by atoms with Gasteiger partial charge in [-0.15, -0.1) is 0 Å². The molecule has 1 atom stereocenters. The highest BCUT2D eigenvalue weighted by Crippen LogP contribution is 1.89. The third-order valence-corrected chi connectivity index (χ3v) is 2.17. The Bertz CT molecular complexity index is 249. The van der Waals surface area contributed by atoms with Crippen molar-refractivity contribution in [2.24, 2.45) is 5.84 Å². The molecule has 0 aliphatic rings. The Morgan fingerprint density at radius 2 is 2.08 bits per heavy atom. The molecule has 0 aromatic rings. The van der Waals surface area contributed by atoms with Crippen molar-refractivity contribution in [1.29, 1.82) is 0 Å². The van der Waals surface area contributed by atoms with Gasteiger partial charge in [-0.1, -0.05) is 0 Å². The van der Waals surface area contributed by atoms with E-state index in [9.17, 15) is 13.2 Å². The molecule has 2 amide bonds. The fourth-order valence-corrected chi connectivity index (χ4v) is 1.75. The molecule has 0 rings (SSSR count). The summed E-state index contributed by atoms with van der Waals surface area (Å²) in [6, 6.07) is -1.03. The third kappa shape index (κ3) is 5.93. The molecule has 72 valence electrons. The topological polar surface area (TPSA) is 101 Å². The second-order valence-electron chi connectivity index (χ2n) is 2.61. The maximum atomic E-state index is 10.7. The number of nitrogens with two attached hydrogens (primary N) is 1. The zero-order valence-electron chi connectivity index (χ0n) is 6.99. The van der Waals surface area contributed by atoms with Crippen molar-refractivity contribution in [1.82, 2.24) is 10.7 Å². The van der Waals surface area contributed by atoms with Gasteiger partial charge in [-0.25, -0.2) is 19.1 Å². The van der Waals surface area contributed by atoms with Crippen LogP contribution in [0.15, 0.2) is 0 Å². The average Bonchev–Trinajstić information content (AvgIpc) is 1.82. The largest absolute Gasteiger partial charge is 0.334 e. The first-order chi connectivity index (χ1) is 5.35. The van der Waals surface area contributed by atoms with Gasteiger partial charge in [0.2, 0.25) is 0 Å². The van der Waals surface area contributed by atoms with Crippen LogP contribution < -0.4 is 16.6 Å². The van der Waals surface area contributed by atoms with Crippen LogP contribution in [0.25, 0.3) is 0 Å². The summed E-state index contributed by atoms with van der Waals surface area (Å²) in [6.45, 7) is 1.58. The number of hydrogen-bond acceptors (Lipinski definition) is 4. The van der Waals surface area contributed by atoms with Crippen LogP contribution >= 0.6 is 0 Å². The van der Waals surface area contributed by atoms with Gasteiger partial charge in [-0.3, -0.25) is 5.43 Å². The van der Waals surface area contributed by atoms with Crippen molar-refractivity contribution in [2.75, 3.05) is 12.0 Å². The molecule has 1 unspecified atom stereocenters. The molecule has 0 fully saturated rings. The zero-order chi connectivity index (χ0) is 9.78. The van der Waals surface area contributed by atoms with E-state index in [0.29, 0.717) is 0 Å². The van der Waals surface area contributed by atoms with Gasteiger partial charge in [0.15, 0.2) is 0 Å². The summed E-state index contributed by atoms with van der Waals surface area (Å²) in [5.74, 6) is 4.68. The van der Waals surface area contributed by atoms with E-state index in [0.717, 1.165) is 6.26 Å². The van der Waals surface area contributed by atoms with Crippen LogP contribution in [0.3, 0.4) is 0 Å². The predicted molar refractivity (Wildman–Crippen MR) is 45.0 cm³/mol. The molecule has 0 saturated carbocycles. The third-order valence-electron chi connectivity index (χ3n) is 1.06. The number of rotatable bonds is 3. The van der Waals surface area contributed by atoms with Crippen LogP contribution in [0.1, 0.15) is 6.92 Å². The number of amides is 2. The monoisotopic (exact) mass is 195 g/mol. The molecular weight excluding hydrogens is 182 g/mol. The molecule has 0 saturated heterocycles. The highest BCUT2D eigenvalue weighted by molar-refractivity contribution is 7.90. The summed E-state index contributed by atoms with van der Waals surface area (Å²) in [5.41, 5.74) is 1.84. The lowest BCUT2D eigenvalue weighted by molar-refractivity contribution is 0.239. The number of hydrogen-bond donors (Lipinski definition) is 3. The first-order valence-electron chi connectivity index (χ1n) is 3.30. The molecule has 6 nitrogen and oxygen atoms in total. The van der Waals surface area contributed by atoms with Crippen LogP contribution in [0, 0.1) is 0 Å². The van der Waals surface area contributed by atoms with E-state index in [-0.39, 0.29) is 5.75 Å². The minimum Gasteiger partial charge on any atom is -0.334 e. The van der Waals surface area contributed by atoms with Gasteiger partial charge in [0.05, 0.1) is 5.75 Å². The first kappa shape index (κ1) is 11.2. The van der Waals surface area contributed by atoms with E-state index in [2.05, 4.69) is 5.32 Å². The molecule has 0 heterocycles. The van der Waals surface area contributed by atoms with Gasteiger partial charge in [-0.2, -0.15) is 0 Å². The molecule has 12 heavy (non-hydrogen) atoms. The van der Waals surface area contributed by atoms with Crippen molar-refractivity contribution in [3.05, 3.63) is 0 Å². The smallest absolute Gasteiger partial charge is 0.329 e. The first-order valence-corrected chi connectivity index (χ1v) is 5.36. The van der Waals surface area contributed by atoms with E-state index in [4.69, 9.17) is 5.84 Å². The quantitative estimate of drug-likeness (QED) is 0.292. The lowest BCUT2D eigenvalue weighted by Crippen LogP contribution is -2.46. The SMILES string of the molecule is CC(CS(C)(=O)=O)NC(=O)NN. The Morgan fingerprint density at radius 3 is 2.42 bits per heavy atom. The molecule has 0 bridgehead atoms. The lowest BCUT2D eigenvalue weighted by Gasteiger charge is -2.11. The minimum atomic E-state index is -3.06. The molecule has 0 spiro atoms. The number of nitrogens with one attached hydrogen (secondary N) is 2. The van der Waals surface area contributed by atoms with E-state index in [1.807, 2.05) is 5.43 Å². The summed E-state index contributed by atoms with van der Waals surface area (Å²) >= 11 is 0. The Morgan fingerprint density at radius 1 is 1.58 bits per heavy atom. The number of carbonyl (C=O) groups is 1. The average molecular weight is 195 g/mol. The second-order valence-corrected chi connectivity index (χ2v) is 4.80. The van der Waals surface area contributed by atoms with Gasteiger partial charge in [0.25, 0.3) is 0 Å². The molecule has 7 heteroatoms. The number of hydrazine groups is 1. The summed E-state index contributed by atoms with van der Waals surface area (Å²) in [6.07, 6.45) is 1.10. The van der Waals surface area contributed by atoms with Crippen molar-refractivity contribution in [2.45, 2.75) is 13.0 Å². The summed E-state index contributed by atoms with van der Waals surface area (Å²) in [5, 5.41) is 2.33. The van der Waals surface area contributed by atoms with Crippen LogP contribution in [-0.4, -0.2) is 32.5 Å². The van der Waals surface area contributed by atoms with E-state index < -0.39 is 21.9 Å². The second kappa shape index (κ2) is 4.27. The molecule has 0 aromatic heterocycles. The van der Waals surface area contributed by atoms with Crippen molar-refractivity contribution in [3.63, 3.8) is 0 Å². The molecule has 0 aromatic carbocycles. The summed E-state index contributed by atoms with van der Waals surface area (Å²) in [7, 11) is -3.06. The fourth-order valence-electron chi connectivity index (χ4n) is 0.761. The predicted octanol–water partition coefficient (Wildman–Crippen LogP) is -1.41. The highest BCUT2D eigenvalue weighted by Gasteiger charge is 2.11. The number of sulfone groups is 1. The van der Waals surface area contributed by atoms with Crippen molar-refractivity contribution < 1.29 is 13.2 Å². The standard InChI is InChI=1S/C5H13N3O3S/c1-4(3-12(2,10)11)7-5(9)8-6/h4H,3,6H2,1-2H3,(H2,7,8,9). The number of carbonyl (C=O) groups excluding carboxylic acids is 1. The van der Waals surface area contributed by atoms with E-state index >= 15 is 0 Å². The van der Waals surface area contributed by atoms with Gasteiger partial charge < -0.3 is 5.32 Å². The van der Waals surface area contributed by atoms with Gasteiger partial charge in [-0.05, 0) is 6.92 Å². The minimum absolute atomic E-state index is 0.0968. The van der Waals surface area contributed by atoms with E-state index in [1.165, 1.54) is 0 Å². The van der Waals surface area contributed by atoms with Gasteiger partial charge in [0.1, 0.15) is 9.84 Å². The lowest BCUT2D eigenvalue weighted by atomic mass is 10.4. The van der Waals surface area contributed by atoms with Crippen LogP contribution in [0.4, 0.5) is 4.79 Å². The van der Waals surface area contributed by atoms with Crippen LogP contribution in [0.5, 0.6) is 0 Å². The maximum Gasteiger partial charge on any atom is 0.329 e. The van der Waals surface area contributed by atoms with Crippen LogP contribution in [-0.2, 0) is 9.84 Å². The van der Waals surface area contributed by atoms with Crippen LogP contribution in [0.2, 0.25) is 0 Å². The molecular formula is C5H13N3O3S. The maximum absolute atomic E-state index is 10.7. The molecule has 0 radical (unpaired) electrons. The molecule has 0 aliphatic carbocycles. The normalized spacial score (nSPS) is 13.6. The highest BCUT2D eigenvalue weighted by atomic mass is 32.2.